The molecular formula is C15H25NO2. The average molecular weight is 251 g/mol. The molecular weight excluding hydrogens is 226 g/mol. The van der Waals surface area contributed by atoms with Gasteiger partial charge < -0.3 is 15.5 Å². The molecule has 0 aliphatic rings. The third-order valence-corrected chi connectivity index (χ3v) is 3.69. The summed E-state index contributed by atoms with van der Waals surface area (Å²) in [6, 6.07) is 4.63. The number of phenols is 2. The number of aromatic hydroxyl groups is 2. The summed E-state index contributed by atoms with van der Waals surface area (Å²) in [5.74, 6) is 0.927. The maximum Gasteiger partial charge on any atom is 0.120 e. The Kier molecular flexibility index (Phi) is 4.63. The SMILES string of the molecule is CC(NCC(C)C(C)(C)C)c1cc(O)ccc1O. The van der Waals surface area contributed by atoms with Gasteiger partial charge in [0.25, 0.3) is 0 Å². The van der Waals surface area contributed by atoms with E-state index in [1.807, 2.05) is 6.92 Å². The van der Waals surface area contributed by atoms with Crippen LogP contribution >= 0.6 is 0 Å². The highest BCUT2D eigenvalue weighted by Gasteiger charge is 2.21. The monoisotopic (exact) mass is 251 g/mol. The fraction of sp³-hybridized carbons (Fsp3) is 0.600. The third-order valence-electron chi connectivity index (χ3n) is 3.69. The summed E-state index contributed by atoms with van der Waals surface area (Å²) < 4.78 is 0. The molecule has 1 aromatic rings. The molecule has 102 valence electrons. The van der Waals surface area contributed by atoms with Crippen molar-refractivity contribution in [2.75, 3.05) is 6.54 Å². The van der Waals surface area contributed by atoms with Gasteiger partial charge in [0.05, 0.1) is 0 Å². The van der Waals surface area contributed by atoms with Gasteiger partial charge >= 0.3 is 0 Å². The highest BCUT2D eigenvalue weighted by molar-refractivity contribution is 5.40. The van der Waals surface area contributed by atoms with Gasteiger partial charge in [0.2, 0.25) is 0 Å². The number of hydrogen-bond donors (Lipinski definition) is 3. The Morgan fingerprint density at radius 1 is 1.17 bits per heavy atom. The molecule has 0 radical (unpaired) electrons. The fourth-order valence-electron chi connectivity index (χ4n) is 1.66. The molecule has 0 spiro atoms. The van der Waals surface area contributed by atoms with E-state index in [0.29, 0.717) is 5.92 Å². The Labute approximate surface area is 110 Å². The van der Waals surface area contributed by atoms with Crippen LogP contribution < -0.4 is 5.32 Å². The molecule has 0 heterocycles. The molecule has 3 nitrogen and oxygen atoms in total. The Balaban J connectivity index is 2.66. The molecule has 1 aromatic carbocycles. The zero-order chi connectivity index (χ0) is 13.9. The number of benzene rings is 1. The molecule has 0 aliphatic heterocycles. The lowest BCUT2D eigenvalue weighted by molar-refractivity contribution is 0.246. The van der Waals surface area contributed by atoms with E-state index in [4.69, 9.17) is 0 Å². The average Bonchev–Trinajstić information content (AvgIpc) is 2.27. The summed E-state index contributed by atoms with van der Waals surface area (Å²) in [6.07, 6.45) is 0. The molecule has 18 heavy (non-hydrogen) atoms. The van der Waals surface area contributed by atoms with Crippen LogP contribution in [0, 0.1) is 11.3 Å². The van der Waals surface area contributed by atoms with Gasteiger partial charge in [-0.1, -0.05) is 27.7 Å². The Hall–Kier alpha value is -1.22. The zero-order valence-corrected chi connectivity index (χ0v) is 12.0. The molecule has 0 fully saturated rings. The lowest BCUT2D eigenvalue weighted by Crippen LogP contribution is -2.31. The van der Waals surface area contributed by atoms with E-state index in [2.05, 4.69) is 33.0 Å². The first-order valence-corrected chi connectivity index (χ1v) is 6.47. The van der Waals surface area contributed by atoms with Crippen molar-refractivity contribution in [3.05, 3.63) is 23.8 Å². The summed E-state index contributed by atoms with van der Waals surface area (Å²) in [5.41, 5.74) is 0.990. The van der Waals surface area contributed by atoms with Crippen LogP contribution in [0.4, 0.5) is 0 Å². The Morgan fingerprint density at radius 3 is 2.33 bits per heavy atom. The highest BCUT2D eigenvalue weighted by Crippen LogP contribution is 2.29. The number of rotatable bonds is 4. The quantitative estimate of drug-likeness (QED) is 0.719. The molecule has 0 aliphatic carbocycles. The van der Waals surface area contributed by atoms with E-state index in [1.165, 1.54) is 12.1 Å². The number of hydrogen-bond acceptors (Lipinski definition) is 3. The van der Waals surface area contributed by atoms with Gasteiger partial charge in [0.1, 0.15) is 11.5 Å². The lowest BCUT2D eigenvalue weighted by Gasteiger charge is -2.29. The normalized spacial score (nSPS) is 15.4. The molecule has 2 atom stereocenters. The second kappa shape index (κ2) is 5.61. The van der Waals surface area contributed by atoms with Gasteiger partial charge in [-0.3, -0.25) is 0 Å². The summed E-state index contributed by atoms with van der Waals surface area (Å²) in [7, 11) is 0. The molecule has 1 rings (SSSR count). The number of phenolic OH excluding ortho intramolecular Hbond substituents is 2. The summed E-state index contributed by atoms with van der Waals surface area (Å²) in [6.45, 7) is 11.7. The minimum atomic E-state index is 0.0156. The van der Waals surface area contributed by atoms with Crippen LogP contribution in [0.2, 0.25) is 0 Å². The summed E-state index contributed by atoms with van der Waals surface area (Å²) in [5, 5.41) is 22.6. The second-order valence-corrected chi connectivity index (χ2v) is 6.14. The molecule has 3 heteroatoms. The van der Waals surface area contributed by atoms with Crippen LogP contribution in [0.25, 0.3) is 0 Å². The van der Waals surface area contributed by atoms with E-state index in [0.717, 1.165) is 12.1 Å². The molecule has 0 amide bonds. The summed E-state index contributed by atoms with van der Waals surface area (Å²) in [4.78, 5) is 0. The zero-order valence-electron chi connectivity index (χ0n) is 12.0. The van der Waals surface area contributed by atoms with Crippen molar-refractivity contribution in [3.63, 3.8) is 0 Å². The van der Waals surface area contributed by atoms with Crippen LogP contribution in [-0.2, 0) is 0 Å². The van der Waals surface area contributed by atoms with Crippen molar-refractivity contribution < 1.29 is 10.2 Å². The van der Waals surface area contributed by atoms with Crippen molar-refractivity contribution in [1.29, 1.82) is 0 Å². The van der Waals surface area contributed by atoms with Gasteiger partial charge in [-0.15, -0.1) is 0 Å². The molecule has 3 N–H and O–H groups in total. The van der Waals surface area contributed by atoms with Crippen molar-refractivity contribution >= 4 is 0 Å². The molecule has 0 saturated carbocycles. The first-order valence-electron chi connectivity index (χ1n) is 6.47. The lowest BCUT2D eigenvalue weighted by atomic mass is 9.82. The van der Waals surface area contributed by atoms with E-state index in [1.54, 1.807) is 6.07 Å². The van der Waals surface area contributed by atoms with E-state index >= 15 is 0 Å². The van der Waals surface area contributed by atoms with Gasteiger partial charge in [-0.05, 0) is 43.0 Å². The predicted molar refractivity (Wildman–Crippen MR) is 74.8 cm³/mol. The number of nitrogens with one attached hydrogen (secondary N) is 1. The third kappa shape index (κ3) is 3.91. The van der Waals surface area contributed by atoms with E-state index in [9.17, 15) is 10.2 Å². The minimum absolute atomic E-state index is 0.0156. The maximum absolute atomic E-state index is 9.78. The first kappa shape index (κ1) is 14.8. The van der Waals surface area contributed by atoms with Crippen molar-refractivity contribution in [3.8, 4) is 11.5 Å². The maximum atomic E-state index is 9.78. The van der Waals surface area contributed by atoms with Gasteiger partial charge in [0.15, 0.2) is 0 Å². The van der Waals surface area contributed by atoms with Crippen LogP contribution in [0.1, 0.15) is 46.2 Å². The summed E-state index contributed by atoms with van der Waals surface area (Å²) >= 11 is 0. The predicted octanol–water partition coefficient (Wildman–Crippen LogP) is 3.43. The molecule has 0 saturated heterocycles. The standard InChI is InChI=1S/C15H25NO2/c1-10(15(3,4)5)9-16-11(2)13-8-12(17)6-7-14(13)18/h6-8,10-11,16-18H,9H2,1-5H3. The van der Waals surface area contributed by atoms with E-state index in [-0.39, 0.29) is 23.0 Å². The van der Waals surface area contributed by atoms with Crippen molar-refractivity contribution in [1.82, 2.24) is 5.32 Å². The Morgan fingerprint density at radius 2 is 1.78 bits per heavy atom. The van der Waals surface area contributed by atoms with Crippen molar-refractivity contribution in [2.45, 2.75) is 40.7 Å². The van der Waals surface area contributed by atoms with Gasteiger partial charge in [-0.2, -0.15) is 0 Å². The second-order valence-electron chi connectivity index (χ2n) is 6.14. The minimum Gasteiger partial charge on any atom is -0.508 e. The van der Waals surface area contributed by atoms with Gasteiger partial charge in [-0.25, -0.2) is 0 Å². The van der Waals surface area contributed by atoms with Crippen LogP contribution in [0.5, 0.6) is 11.5 Å². The van der Waals surface area contributed by atoms with Crippen LogP contribution in [0.3, 0.4) is 0 Å². The van der Waals surface area contributed by atoms with Crippen LogP contribution in [-0.4, -0.2) is 16.8 Å². The molecule has 0 aromatic heterocycles. The Bertz CT molecular complexity index is 396. The van der Waals surface area contributed by atoms with Crippen molar-refractivity contribution in [2.24, 2.45) is 11.3 Å². The van der Waals surface area contributed by atoms with E-state index < -0.39 is 0 Å². The fourth-order valence-corrected chi connectivity index (χ4v) is 1.66. The topological polar surface area (TPSA) is 52.5 Å². The molecule has 0 bridgehead atoms. The van der Waals surface area contributed by atoms with Gasteiger partial charge in [0, 0.05) is 11.6 Å². The highest BCUT2D eigenvalue weighted by atomic mass is 16.3. The largest absolute Gasteiger partial charge is 0.508 e. The smallest absolute Gasteiger partial charge is 0.120 e. The first-order chi connectivity index (χ1) is 8.21. The van der Waals surface area contributed by atoms with Crippen LogP contribution in [0.15, 0.2) is 18.2 Å². The molecule has 2 unspecified atom stereocenters.